The molecule has 0 bridgehead atoms. The molecule has 0 spiro atoms. The smallest absolute Gasteiger partial charge is 0.220 e. The number of rotatable bonds is 7. The average molecular weight is 289 g/mol. The van der Waals surface area contributed by atoms with E-state index in [2.05, 4.69) is 22.1 Å². The molecule has 2 heterocycles. The Balaban J connectivity index is 1.66. The van der Waals surface area contributed by atoms with Gasteiger partial charge in [-0.15, -0.1) is 0 Å². The molecule has 1 unspecified atom stereocenters. The van der Waals surface area contributed by atoms with Crippen LogP contribution >= 0.6 is 0 Å². The summed E-state index contributed by atoms with van der Waals surface area (Å²) < 4.78 is 0. The van der Waals surface area contributed by atoms with E-state index in [0.29, 0.717) is 18.2 Å². The molecule has 0 aromatic carbocycles. The lowest BCUT2D eigenvalue weighted by Crippen LogP contribution is -2.40. The van der Waals surface area contributed by atoms with Crippen LogP contribution in [0.25, 0.3) is 0 Å². The van der Waals surface area contributed by atoms with Crippen molar-refractivity contribution in [3.05, 3.63) is 30.1 Å². The summed E-state index contributed by atoms with van der Waals surface area (Å²) in [4.78, 5) is 30.0. The van der Waals surface area contributed by atoms with Crippen molar-refractivity contribution < 1.29 is 9.59 Å². The van der Waals surface area contributed by atoms with E-state index >= 15 is 0 Å². The summed E-state index contributed by atoms with van der Waals surface area (Å²) in [6.45, 7) is 5.03. The maximum absolute atomic E-state index is 11.9. The number of nitrogens with zero attached hydrogens (tertiary/aromatic N) is 2. The number of pyridine rings is 1. The topological polar surface area (TPSA) is 62.3 Å². The Labute approximate surface area is 125 Å². The van der Waals surface area contributed by atoms with E-state index in [1.54, 1.807) is 18.3 Å². The zero-order chi connectivity index (χ0) is 15.1. The highest BCUT2D eigenvalue weighted by atomic mass is 16.2. The zero-order valence-electron chi connectivity index (χ0n) is 12.5. The number of amides is 1. The van der Waals surface area contributed by atoms with E-state index < -0.39 is 0 Å². The van der Waals surface area contributed by atoms with Crippen LogP contribution in [0.3, 0.4) is 0 Å². The molecule has 1 saturated heterocycles. The van der Waals surface area contributed by atoms with Crippen LogP contribution in [-0.4, -0.2) is 47.3 Å². The van der Waals surface area contributed by atoms with Gasteiger partial charge in [-0.1, -0.05) is 0 Å². The third-order valence-electron chi connectivity index (χ3n) is 3.92. The van der Waals surface area contributed by atoms with Gasteiger partial charge >= 0.3 is 0 Å². The molecule has 0 saturated carbocycles. The van der Waals surface area contributed by atoms with Gasteiger partial charge in [0.15, 0.2) is 5.78 Å². The Morgan fingerprint density at radius 3 is 2.76 bits per heavy atom. The Bertz CT molecular complexity index is 470. The molecule has 1 atom stereocenters. The van der Waals surface area contributed by atoms with Gasteiger partial charge in [0.25, 0.3) is 0 Å². The fourth-order valence-corrected chi connectivity index (χ4v) is 2.56. The van der Waals surface area contributed by atoms with Gasteiger partial charge in [-0.05, 0) is 45.0 Å². The van der Waals surface area contributed by atoms with Crippen LogP contribution in [0.1, 0.15) is 43.0 Å². The summed E-state index contributed by atoms with van der Waals surface area (Å²) in [6.07, 6.45) is 6.13. The average Bonchev–Trinajstić information content (AvgIpc) is 3.05. The molecule has 114 valence electrons. The molecule has 1 N–H and O–H groups in total. The summed E-state index contributed by atoms with van der Waals surface area (Å²) in [7, 11) is 0. The summed E-state index contributed by atoms with van der Waals surface area (Å²) in [5, 5.41) is 2.92. The zero-order valence-corrected chi connectivity index (χ0v) is 12.5. The third kappa shape index (κ3) is 4.93. The van der Waals surface area contributed by atoms with Crippen LogP contribution in [0.4, 0.5) is 0 Å². The van der Waals surface area contributed by atoms with Gasteiger partial charge in [-0.2, -0.15) is 0 Å². The van der Waals surface area contributed by atoms with E-state index in [0.717, 1.165) is 13.1 Å². The minimum atomic E-state index is -0.0571. The highest BCUT2D eigenvalue weighted by Gasteiger charge is 2.18. The largest absolute Gasteiger partial charge is 0.355 e. The van der Waals surface area contributed by atoms with Gasteiger partial charge in [0.05, 0.1) is 0 Å². The minimum absolute atomic E-state index is 0.0363. The Morgan fingerprint density at radius 1 is 1.33 bits per heavy atom. The Morgan fingerprint density at radius 2 is 2.10 bits per heavy atom. The van der Waals surface area contributed by atoms with Crippen LogP contribution in [0.15, 0.2) is 24.5 Å². The normalized spacial score (nSPS) is 16.6. The highest BCUT2D eigenvalue weighted by molar-refractivity contribution is 5.97. The fraction of sp³-hybridized carbons (Fsp3) is 0.562. The summed E-state index contributed by atoms with van der Waals surface area (Å²) >= 11 is 0. The number of ketones is 1. The monoisotopic (exact) mass is 289 g/mol. The van der Waals surface area contributed by atoms with Crippen molar-refractivity contribution in [1.82, 2.24) is 15.2 Å². The highest BCUT2D eigenvalue weighted by Crippen LogP contribution is 2.10. The SMILES string of the molecule is CC(CNC(=O)CCC(=O)c1cccnc1)N1CCCC1. The second-order valence-electron chi connectivity index (χ2n) is 5.56. The lowest BCUT2D eigenvalue weighted by Gasteiger charge is -2.23. The maximum Gasteiger partial charge on any atom is 0.220 e. The Kier molecular flexibility index (Phi) is 5.87. The number of likely N-dealkylation sites (tertiary alicyclic amines) is 1. The molecular weight excluding hydrogens is 266 g/mol. The van der Waals surface area contributed by atoms with Gasteiger partial charge in [-0.3, -0.25) is 19.5 Å². The molecule has 1 aliphatic heterocycles. The van der Waals surface area contributed by atoms with E-state index in [9.17, 15) is 9.59 Å². The molecule has 1 aliphatic rings. The second-order valence-corrected chi connectivity index (χ2v) is 5.56. The van der Waals surface area contributed by atoms with Crippen molar-refractivity contribution in [1.29, 1.82) is 0 Å². The van der Waals surface area contributed by atoms with Gasteiger partial charge < -0.3 is 5.32 Å². The van der Waals surface area contributed by atoms with Crippen molar-refractivity contribution >= 4 is 11.7 Å². The number of carbonyl (C=O) groups excluding carboxylic acids is 2. The molecule has 1 amide bonds. The van der Waals surface area contributed by atoms with Crippen molar-refractivity contribution in [3.63, 3.8) is 0 Å². The van der Waals surface area contributed by atoms with Crippen LogP contribution in [-0.2, 0) is 4.79 Å². The van der Waals surface area contributed by atoms with Crippen molar-refractivity contribution in [2.75, 3.05) is 19.6 Å². The number of hydrogen-bond acceptors (Lipinski definition) is 4. The van der Waals surface area contributed by atoms with Crippen LogP contribution in [0.5, 0.6) is 0 Å². The van der Waals surface area contributed by atoms with Crippen LogP contribution in [0, 0.1) is 0 Å². The maximum atomic E-state index is 11.9. The van der Waals surface area contributed by atoms with Gasteiger partial charge in [0, 0.05) is 43.4 Å². The first-order valence-electron chi connectivity index (χ1n) is 7.61. The third-order valence-corrected chi connectivity index (χ3v) is 3.92. The fourth-order valence-electron chi connectivity index (χ4n) is 2.56. The van der Waals surface area contributed by atoms with Crippen LogP contribution in [0.2, 0.25) is 0 Å². The summed E-state index contributed by atoms with van der Waals surface area (Å²) in [5.74, 6) is -0.0934. The number of nitrogens with one attached hydrogen (secondary N) is 1. The Hall–Kier alpha value is -1.75. The number of hydrogen-bond donors (Lipinski definition) is 1. The first-order chi connectivity index (χ1) is 10.2. The summed E-state index contributed by atoms with van der Waals surface area (Å²) in [6, 6.07) is 3.82. The minimum Gasteiger partial charge on any atom is -0.355 e. The second kappa shape index (κ2) is 7.88. The predicted molar refractivity (Wildman–Crippen MR) is 81.1 cm³/mol. The van der Waals surface area contributed by atoms with E-state index in [1.807, 2.05) is 0 Å². The molecule has 1 aromatic rings. The lowest BCUT2D eigenvalue weighted by atomic mass is 10.1. The van der Waals surface area contributed by atoms with Gasteiger partial charge in [-0.25, -0.2) is 0 Å². The molecule has 0 radical (unpaired) electrons. The molecule has 0 aliphatic carbocycles. The van der Waals surface area contributed by atoms with E-state index in [-0.39, 0.29) is 24.5 Å². The number of Topliss-reactive ketones (excluding diaryl/α,β-unsaturated/α-hetero) is 1. The number of carbonyl (C=O) groups is 2. The molecular formula is C16H23N3O2. The van der Waals surface area contributed by atoms with Gasteiger partial charge in [0.1, 0.15) is 0 Å². The summed E-state index contributed by atoms with van der Waals surface area (Å²) in [5.41, 5.74) is 0.565. The molecule has 5 heteroatoms. The molecule has 2 rings (SSSR count). The predicted octanol–water partition coefficient (Wildman–Crippen LogP) is 1.65. The van der Waals surface area contributed by atoms with Crippen molar-refractivity contribution in [2.24, 2.45) is 0 Å². The van der Waals surface area contributed by atoms with E-state index in [4.69, 9.17) is 0 Å². The standard InChI is InChI=1S/C16H23N3O2/c1-13(19-9-2-3-10-19)11-18-16(21)7-6-15(20)14-5-4-8-17-12-14/h4-5,8,12-13H,2-3,6-7,9-11H2,1H3,(H,18,21). The van der Waals surface area contributed by atoms with E-state index in [1.165, 1.54) is 19.0 Å². The lowest BCUT2D eigenvalue weighted by molar-refractivity contribution is -0.121. The molecule has 21 heavy (non-hydrogen) atoms. The van der Waals surface area contributed by atoms with Crippen molar-refractivity contribution in [2.45, 2.75) is 38.6 Å². The first-order valence-corrected chi connectivity index (χ1v) is 7.61. The quantitative estimate of drug-likeness (QED) is 0.775. The van der Waals surface area contributed by atoms with Crippen LogP contribution < -0.4 is 5.32 Å². The molecule has 1 fully saturated rings. The molecule has 1 aromatic heterocycles. The molecule has 5 nitrogen and oxygen atoms in total. The van der Waals surface area contributed by atoms with Gasteiger partial charge in [0.2, 0.25) is 5.91 Å². The first kappa shape index (κ1) is 15.6. The van der Waals surface area contributed by atoms with Crippen molar-refractivity contribution in [3.8, 4) is 0 Å². The number of aromatic nitrogens is 1.